The van der Waals surface area contributed by atoms with E-state index in [0.717, 1.165) is 16.7 Å². The van der Waals surface area contributed by atoms with Gasteiger partial charge in [-0.3, -0.25) is 9.68 Å². The molecule has 2 rings (SSSR count). The summed E-state index contributed by atoms with van der Waals surface area (Å²) in [5.41, 5.74) is 3.84. The van der Waals surface area contributed by atoms with Gasteiger partial charge in [-0.15, -0.1) is 0 Å². The largest absolute Gasteiger partial charge is 0.382 e. The average molecular weight is 405 g/mol. The number of aryl methyl sites for hydroxylation is 3. The SMILES string of the molecule is COCCOOC(=O)C(C(=O)c1c(C)cc(C)cc1C)c1ccccc1.O=[PH2+]. The molecule has 2 aromatic carbocycles. The van der Waals surface area contributed by atoms with Gasteiger partial charge in [0.05, 0.1) is 6.61 Å². The number of carbonyl (C=O) groups is 2. The van der Waals surface area contributed by atoms with E-state index < -0.39 is 11.9 Å². The molecule has 0 aliphatic heterocycles. The molecular weight excluding hydrogens is 379 g/mol. The quantitative estimate of drug-likeness (QED) is 0.165. The Balaban J connectivity index is 0.00000190. The van der Waals surface area contributed by atoms with Gasteiger partial charge in [-0.1, -0.05) is 52.6 Å². The Morgan fingerprint density at radius 3 is 2.07 bits per heavy atom. The van der Waals surface area contributed by atoms with Gasteiger partial charge in [0.15, 0.2) is 5.78 Å². The fourth-order valence-corrected chi connectivity index (χ4v) is 3.02. The summed E-state index contributed by atoms with van der Waals surface area (Å²) in [5.74, 6) is -2.12. The van der Waals surface area contributed by atoms with Crippen molar-refractivity contribution in [3.05, 3.63) is 70.3 Å². The molecule has 0 saturated heterocycles. The fraction of sp³-hybridized carbons (Fsp3) is 0.333. The predicted molar refractivity (Wildman–Crippen MR) is 108 cm³/mol. The summed E-state index contributed by atoms with van der Waals surface area (Å²) in [7, 11) is 2.68. The summed E-state index contributed by atoms with van der Waals surface area (Å²) in [6, 6.07) is 12.7. The highest BCUT2D eigenvalue weighted by Crippen LogP contribution is 2.27. The number of ketones is 1. The molecule has 0 aliphatic rings. The molecule has 0 N–H and O–H groups in total. The van der Waals surface area contributed by atoms with Crippen molar-refractivity contribution in [2.24, 2.45) is 0 Å². The summed E-state index contributed by atoms with van der Waals surface area (Å²) in [6.07, 6.45) is 0. The minimum Gasteiger partial charge on any atom is -0.382 e. The highest BCUT2D eigenvalue weighted by atomic mass is 31.0. The summed E-state index contributed by atoms with van der Waals surface area (Å²) in [6.45, 7) is 6.10. The van der Waals surface area contributed by atoms with Crippen LogP contribution in [0.2, 0.25) is 0 Å². The Hall–Kier alpha value is -2.40. The summed E-state index contributed by atoms with van der Waals surface area (Å²) >= 11 is 0. The van der Waals surface area contributed by atoms with E-state index >= 15 is 0 Å². The maximum atomic E-state index is 13.2. The van der Waals surface area contributed by atoms with Gasteiger partial charge in [0.1, 0.15) is 12.5 Å². The van der Waals surface area contributed by atoms with Crippen LogP contribution in [0.5, 0.6) is 0 Å². The number of methoxy groups -OCH3 is 1. The minimum atomic E-state index is -1.08. The third kappa shape index (κ3) is 6.34. The maximum absolute atomic E-state index is 13.2. The lowest BCUT2D eigenvalue weighted by Gasteiger charge is -2.17. The smallest absolute Gasteiger partial charge is 0.357 e. The van der Waals surface area contributed by atoms with Crippen LogP contribution in [0, 0.1) is 20.8 Å². The first-order valence-corrected chi connectivity index (χ1v) is 9.15. The highest BCUT2D eigenvalue weighted by Gasteiger charge is 2.33. The van der Waals surface area contributed by atoms with Gasteiger partial charge in [-0.2, -0.15) is 4.89 Å². The number of hydrogen-bond donors (Lipinski definition) is 0. The van der Waals surface area contributed by atoms with Crippen LogP contribution in [0.25, 0.3) is 0 Å². The molecule has 28 heavy (non-hydrogen) atoms. The zero-order valence-electron chi connectivity index (χ0n) is 16.6. The second-order valence-electron chi connectivity index (χ2n) is 6.20. The molecule has 0 saturated carbocycles. The van der Waals surface area contributed by atoms with Crippen LogP contribution in [-0.2, 0) is 23.9 Å². The van der Waals surface area contributed by atoms with Gasteiger partial charge < -0.3 is 4.74 Å². The van der Waals surface area contributed by atoms with Gasteiger partial charge in [-0.25, -0.2) is 4.79 Å². The lowest BCUT2D eigenvalue weighted by Crippen LogP contribution is -2.26. The van der Waals surface area contributed by atoms with Gasteiger partial charge in [-0.05, 0) is 37.5 Å². The molecule has 2 atom stereocenters. The van der Waals surface area contributed by atoms with Crippen LogP contribution < -0.4 is 0 Å². The Bertz CT molecular complexity index is 768. The Kier molecular flexibility index (Phi) is 10.2. The number of carbonyl (C=O) groups excluding carboxylic acids is 2. The van der Waals surface area contributed by atoms with Crippen molar-refractivity contribution in [1.82, 2.24) is 0 Å². The molecular formula is C21H26O6P+. The Morgan fingerprint density at radius 1 is 0.964 bits per heavy atom. The normalized spacial score (nSPS) is 11.1. The van der Waals surface area contributed by atoms with E-state index in [1.165, 1.54) is 16.2 Å². The zero-order valence-corrected chi connectivity index (χ0v) is 17.7. The first-order valence-electron chi connectivity index (χ1n) is 8.68. The molecule has 0 aliphatic carbocycles. The first kappa shape index (κ1) is 23.6. The maximum Gasteiger partial charge on any atom is 0.357 e. The third-order valence-electron chi connectivity index (χ3n) is 4.07. The lowest BCUT2D eigenvalue weighted by molar-refractivity contribution is -0.276. The van der Waals surface area contributed by atoms with Crippen molar-refractivity contribution in [2.45, 2.75) is 26.7 Å². The summed E-state index contributed by atoms with van der Waals surface area (Å²) in [5, 5.41) is 0. The van der Waals surface area contributed by atoms with E-state index in [2.05, 4.69) is 0 Å². The van der Waals surface area contributed by atoms with Crippen molar-refractivity contribution in [3.63, 3.8) is 0 Å². The van der Waals surface area contributed by atoms with Crippen LogP contribution in [0.4, 0.5) is 0 Å². The van der Waals surface area contributed by atoms with Gasteiger partial charge in [0.2, 0.25) is 0 Å². The van der Waals surface area contributed by atoms with Crippen molar-refractivity contribution >= 4 is 20.9 Å². The summed E-state index contributed by atoms with van der Waals surface area (Å²) < 4.78 is 13.0. The van der Waals surface area contributed by atoms with Crippen molar-refractivity contribution < 1.29 is 28.7 Å². The topological polar surface area (TPSA) is 78.9 Å². The molecule has 0 radical (unpaired) electrons. The van der Waals surface area contributed by atoms with Crippen LogP contribution in [-0.4, -0.2) is 32.1 Å². The summed E-state index contributed by atoms with van der Waals surface area (Å²) in [4.78, 5) is 35.6. The van der Waals surface area contributed by atoms with Crippen molar-refractivity contribution in [1.29, 1.82) is 0 Å². The van der Waals surface area contributed by atoms with Crippen molar-refractivity contribution in [3.8, 4) is 0 Å². The molecule has 0 bridgehead atoms. The third-order valence-corrected chi connectivity index (χ3v) is 4.07. The Morgan fingerprint density at radius 2 is 1.54 bits per heavy atom. The number of ether oxygens (including phenoxy) is 1. The molecule has 0 heterocycles. The van der Waals surface area contributed by atoms with Crippen LogP contribution in [0.15, 0.2) is 42.5 Å². The van der Waals surface area contributed by atoms with E-state index in [-0.39, 0.29) is 19.0 Å². The number of hydrogen-bond acceptors (Lipinski definition) is 6. The van der Waals surface area contributed by atoms with Crippen molar-refractivity contribution in [2.75, 3.05) is 20.3 Å². The van der Waals surface area contributed by atoms with E-state index in [1.54, 1.807) is 24.3 Å². The molecule has 0 fully saturated rings. The van der Waals surface area contributed by atoms with E-state index in [1.807, 2.05) is 39.0 Å². The molecule has 7 heteroatoms. The zero-order chi connectivity index (χ0) is 21.1. The molecule has 0 aromatic heterocycles. The second-order valence-corrected chi connectivity index (χ2v) is 6.20. The number of Topliss-reactive ketones (excluding diaryl/α,β-unsaturated/α-hetero) is 1. The van der Waals surface area contributed by atoms with E-state index in [9.17, 15) is 9.59 Å². The minimum absolute atomic E-state index is 0.0977. The molecule has 150 valence electrons. The van der Waals surface area contributed by atoms with Gasteiger partial charge in [0, 0.05) is 12.7 Å². The van der Waals surface area contributed by atoms with Gasteiger partial charge in [0.25, 0.3) is 0 Å². The molecule has 2 aromatic rings. The fourth-order valence-electron chi connectivity index (χ4n) is 3.02. The lowest BCUT2D eigenvalue weighted by atomic mass is 9.86. The second kappa shape index (κ2) is 12.1. The van der Waals surface area contributed by atoms with Gasteiger partial charge >= 0.3 is 15.1 Å². The molecule has 2 unspecified atom stereocenters. The highest BCUT2D eigenvalue weighted by molar-refractivity contribution is 7.00. The first-order chi connectivity index (χ1) is 13.5. The van der Waals surface area contributed by atoms with E-state index in [4.69, 9.17) is 19.1 Å². The van der Waals surface area contributed by atoms with E-state index in [0.29, 0.717) is 11.1 Å². The molecule has 6 nitrogen and oxygen atoms in total. The van der Waals surface area contributed by atoms with Crippen LogP contribution >= 0.6 is 9.12 Å². The monoisotopic (exact) mass is 405 g/mol. The standard InChI is InChI=1S/C21H24O5.H2OP/c1-14-12-15(2)18(16(3)13-14)20(22)19(17-8-6-5-7-9-17)21(23)26-25-11-10-24-4;1-2/h5-9,12-13,19H,10-11H2,1-4H3;2H2/q;+1. The van der Waals surface area contributed by atoms with Crippen LogP contribution in [0.3, 0.4) is 0 Å². The number of rotatable bonds is 8. The number of benzene rings is 2. The van der Waals surface area contributed by atoms with Crippen LogP contribution in [0.1, 0.15) is 38.5 Å². The molecule has 0 amide bonds. The predicted octanol–water partition coefficient (Wildman–Crippen LogP) is 3.91. The molecule has 0 spiro atoms. The average Bonchev–Trinajstić information content (AvgIpc) is 2.67. The Labute approximate surface area is 167 Å².